The standard InChI is InChI=1S/C21H40O2/c1-4-6-8-9-10-11-12-13-14-16-18-20(17-15-7-5-2)19(3)21(22)23/h20H,3-18H2,1-2H3,(H,22,23). The fourth-order valence-electron chi connectivity index (χ4n) is 3.19. The van der Waals surface area contributed by atoms with Gasteiger partial charge < -0.3 is 5.11 Å². The zero-order valence-electron chi connectivity index (χ0n) is 15.7. The topological polar surface area (TPSA) is 37.3 Å². The number of carboxylic acids is 1. The maximum Gasteiger partial charge on any atom is 0.331 e. The van der Waals surface area contributed by atoms with E-state index >= 15 is 0 Å². The van der Waals surface area contributed by atoms with E-state index in [2.05, 4.69) is 20.4 Å². The second-order valence-corrected chi connectivity index (χ2v) is 6.99. The molecule has 1 unspecified atom stereocenters. The van der Waals surface area contributed by atoms with Crippen molar-refractivity contribution >= 4 is 5.97 Å². The van der Waals surface area contributed by atoms with Crippen LogP contribution in [0.1, 0.15) is 110 Å². The van der Waals surface area contributed by atoms with Gasteiger partial charge in [0.05, 0.1) is 0 Å². The molecule has 0 aromatic carbocycles. The number of hydrogen-bond acceptors (Lipinski definition) is 1. The Labute approximate surface area is 144 Å². The molecule has 0 fully saturated rings. The third-order valence-corrected chi connectivity index (χ3v) is 4.83. The lowest BCUT2D eigenvalue weighted by atomic mass is 9.89. The Balaban J connectivity index is 3.69. The highest BCUT2D eigenvalue weighted by Crippen LogP contribution is 2.24. The molecule has 0 amide bonds. The SMILES string of the molecule is C=C(C(=O)O)C(CCCCC)CCCCCCCCCCCC. The Kier molecular flexibility index (Phi) is 15.5. The van der Waals surface area contributed by atoms with Crippen LogP contribution in [-0.2, 0) is 4.79 Å². The van der Waals surface area contributed by atoms with Crippen molar-refractivity contribution in [3.8, 4) is 0 Å². The maximum atomic E-state index is 11.2. The van der Waals surface area contributed by atoms with E-state index in [0.29, 0.717) is 5.57 Å². The monoisotopic (exact) mass is 324 g/mol. The second kappa shape index (κ2) is 16.1. The zero-order valence-corrected chi connectivity index (χ0v) is 15.7. The van der Waals surface area contributed by atoms with Crippen LogP contribution in [0, 0.1) is 5.92 Å². The minimum atomic E-state index is -0.807. The summed E-state index contributed by atoms with van der Waals surface area (Å²) < 4.78 is 0. The number of carboxylic acid groups (broad SMARTS) is 1. The third kappa shape index (κ3) is 13.4. The first-order chi connectivity index (χ1) is 11.1. The normalized spacial score (nSPS) is 12.3. The van der Waals surface area contributed by atoms with Gasteiger partial charge in [-0.3, -0.25) is 0 Å². The molecule has 136 valence electrons. The molecule has 0 aliphatic rings. The van der Waals surface area contributed by atoms with Gasteiger partial charge in [-0.1, -0.05) is 104 Å². The molecule has 1 N–H and O–H groups in total. The van der Waals surface area contributed by atoms with Crippen molar-refractivity contribution in [2.75, 3.05) is 0 Å². The van der Waals surface area contributed by atoms with E-state index in [4.69, 9.17) is 0 Å². The van der Waals surface area contributed by atoms with Crippen LogP contribution in [0.4, 0.5) is 0 Å². The Bertz CT molecular complexity index is 296. The molecular formula is C21H40O2. The summed E-state index contributed by atoms with van der Waals surface area (Å²) in [6.07, 6.45) is 18.8. The molecule has 0 aromatic rings. The van der Waals surface area contributed by atoms with E-state index in [0.717, 1.165) is 25.7 Å². The van der Waals surface area contributed by atoms with Crippen LogP contribution in [0.2, 0.25) is 0 Å². The van der Waals surface area contributed by atoms with E-state index in [-0.39, 0.29) is 5.92 Å². The summed E-state index contributed by atoms with van der Waals surface area (Å²) in [5.41, 5.74) is 0.428. The molecule has 0 spiro atoms. The van der Waals surface area contributed by atoms with Crippen molar-refractivity contribution in [2.45, 2.75) is 110 Å². The lowest BCUT2D eigenvalue weighted by Crippen LogP contribution is -2.12. The third-order valence-electron chi connectivity index (χ3n) is 4.83. The molecule has 23 heavy (non-hydrogen) atoms. The van der Waals surface area contributed by atoms with Crippen LogP contribution in [0.3, 0.4) is 0 Å². The first-order valence-corrected chi connectivity index (χ1v) is 10.1. The maximum absolute atomic E-state index is 11.2. The van der Waals surface area contributed by atoms with Crippen molar-refractivity contribution in [1.29, 1.82) is 0 Å². The first-order valence-electron chi connectivity index (χ1n) is 10.1. The molecular weight excluding hydrogens is 284 g/mol. The lowest BCUT2D eigenvalue weighted by molar-refractivity contribution is -0.133. The summed E-state index contributed by atoms with van der Waals surface area (Å²) in [4.78, 5) is 11.2. The predicted molar refractivity (Wildman–Crippen MR) is 101 cm³/mol. The van der Waals surface area contributed by atoms with Gasteiger partial charge in [0.2, 0.25) is 0 Å². The second-order valence-electron chi connectivity index (χ2n) is 6.99. The van der Waals surface area contributed by atoms with E-state index in [1.54, 1.807) is 0 Å². The zero-order chi connectivity index (χ0) is 17.3. The van der Waals surface area contributed by atoms with Crippen molar-refractivity contribution in [2.24, 2.45) is 5.92 Å². The van der Waals surface area contributed by atoms with E-state index < -0.39 is 5.97 Å². The Morgan fingerprint density at radius 3 is 1.52 bits per heavy atom. The van der Waals surface area contributed by atoms with Crippen LogP contribution in [0.25, 0.3) is 0 Å². The van der Waals surface area contributed by atoms with Crippen molar-refractivity contribution < 1.29 is 9.90 Å². The Morgan fingerprint density at radius 2 is 1.09 bits per heavy atom. The smallest absolute Gasteiger partial charge is 0.331 e. The fourth-order valence-corrected chi connectivity index (χ4v) is 3.19. The summed E-state index contributed by atoms with van der Waals surface area (Å²) >= 11 is 0. The summed E-state index contributed by atoms with van der Waals surface area (Å²) in [7, 11) is 0. The number of hydrogen-bond donors (Lipinski definition) is 1. The molecule has 0 radical (unpaired) electrons. The van der Waals surface area contributed by atoms with Crippen LogP contribution < -0.4 is 0 Å². The number of unbranched alkanes of at least 4 members (excludes halogenated alkanes) is 11. The van der Waals surface area contributed by atoms with Gasteiger partial charge in [0.15, 0.2) is 0 Å². The average Bonchev–Trinajstić information content (AvgIpc) is 2.54. The highest BCUT2D eigenvalue weighted by molar-refractivity contribution is 5.86. The number of rotatable bonds is 17. The molecule has 0 rings (SSSR count). The Hall–Kier alpha value is -0.790. The van der Waals surface area contributed by atoms with Crippen LogP contribution >= 0.6 is 0 Å². The minimum Gasteiger partial charge on any atom is -0.478 e. The van der Waals surface area contributed by atoms with E-state index in [9.17, 15) is 9.90 Å². The molecule has 0 saturated heterocycles. The quantitative estimate of drug-likeness (QED) is 0.228. The summed E-state index contributed by atoms with van der Waals surface area (Å²) in [6.45, 7) is 8.24. The van der Waals surface area contributed by atoms with E-state index in [1.807, 2.05) is 0 Å². The van der Waals surface area contributed by atoms with E-state index in [1.165, 1.54) is 70.6 Å². The van der Waals surface area contributed by atoms with Crippen LogP contribution in [0.15, 0.2) is 12.2 Å². The highest BCUT2D eigenvalue weighted by Gasteiger charge is 2.17. The first kappa shape index (κ1) is 22.2. The van der Waals surface area contributed by atoms with Gasteiger partial charge in [0.1, 0.15) is 0 Å². The molecule has 0 saturated carbocycles. The molecule has 0 aromatic heterocycles. The van der Waals surface area contributed by atoms with Crippen molar-refractivity contribution in [3.63, 3.8) is 0 Å². The van der Waals surface area contributed by atoms with Gasteiger partial charge in [0, 0.05) is 5.57 Å². The molecule has 0 bridgehead atoms. The molecule has 2 nitrogen and oxygen atoms in total. The fraction of sp³-hybridized carbons (Fsp3) is 0.857. The van der Waals surface area contributed by atoms with Crippen LogP contribution in [0.5, 0.6) is 0 Å². The molecule has 0 aliphatic heterocycles. The molecule has 0 heterocycles. The van der Waals surface area contributed by atoms with Gasteiger partial charge in [-0.15, -0.1) is 0 Å². The molecule has 2 heteroatoms. The van der Waals surface area contributed by atoms with Crippen molar-refractivity contribution in [1.82, 2.24) is 0 Å². The van der Waals surface area contributed by atoms with Gasteiger partial charge in [-0.25, -0.2) is 4.79 Å². The summed E-state index contributed by atoms with van der Waals surface area (Å²) in [6, 6.07) is 0. The highest BCUT2D eigenvalue weighted by atomic mass is 16.4. The minimum absolute atomic E-state index is 0.188. The van der Waals surface area contributed by atoms with Gasteiger partial charge in [-0.2, -0.15) is 0 Å². The van der Waals surface area contributed by atoms with Gasteiger partial charge >= 0.3 is 5.97 Å². The lowest BCUT2D eigenvalue weighted by Gasteiger charge is -2.16. The largest absolute Gasteiger partial charge is 0.478 e. The summed E-state index contributed by atoms with van der Waals surface area (Å²) in [5.74, 6) is -0.619. The summed E-state index contributed by atoms with van der Waals surface area (Å²) in [5, 5.41) is 9.17. The average molecular weight is 325 g/mol. The van der Waals surface area contributed by atoms with Crippen molar-refractivity contribution in [3.05, 3.63) is 12.2 Å². The molecule has 1 atom stereocenters. The van der Waals surface area contributed by atoms with Gasteiger partial charge in [0.25, 0.3) is 0 Å². The Morgan fingerprint density at radius 1 is 0.739 bits per heavy atom. The van der Waals surface area contributed by atoms with Gasteiger partial charge in [-0.05, 0) is 18.8 Å². The number of aliphatic carboxylic acids is 1. The molecule has 0 aliphatic carbocycles. The number of carbonyl (C=O) groups is 1. The van der Waals surface area contributed by atoms with Crippen LogP contribution in [-0.4, -0.2) is 11.1 Å². The predicted octanol–water partition coefficient (Wildman–Crippen LogP) is 7.13.